The molecule has 2 unspecified atom stereocenters. The molecule has 114 valence electrons. The van der Waals surface area contributed by atoms with E-state index >= 15 is 0 Å². The van der Waals surface area contributed by atoms with E-state index in [9.17, 15) is 4.79 Å². The van der Waals surface area contributed by atoms with Crippen LogP contribution in [0.4, 0.5) is 9.93 Å². The first-order valence-corrected chi connectivity index (χ1v) is 7.72. The molecule has 0 spiro atoms. The smallest absolute Gasteiger partial charge is 0.321 e. The van der Waals surface area contributed by atoms with E-state index < -0.39 is 0 Å². The number of carbonyl (C=O) groups is 1. The lowest BCUT2D eigenvalue weighted by Gasteiger charge is -2.19. The van der Waals surface area contributed by atoms with Crippen molar-refractivity contribution in [3.05, 3.63) is 11.1 Å². The van der Waals surface area contributed by atoms with Gasteiger partial charge in [-0.05, 0) is 24.7 Å². The molecule has 1 aromatic rings. The van der Waals surface area contributed by atoms with Gasteiger partial charge in [0.1, 0.15) is 0 Å². The van der Waals surface area contributed by atoms with Gasteiger partial charge in [-0.2, -0.15) is 0 Å². The summed E-state index contributed by atoms with van der Waals surface area (Å²) in [6.45, 7) is 10.3. The van der Waals surface area contributed by atoms with Gasteiger partial charge in [-0.3, -0.25) is 5.32 Å². The molecule has 0 saturated carbocycles. The Kier molecular flexibility index (Phi) is 5.95. The molecule has 6 heteroatoms. The van der Waals surface area contributed by atoms with Crippen molar-refractivity contribution in [2.45, 2.75) is 47.1 Å². The summed E-state index contributed by atoms with van der Waals surface area (Å²) >= 11 is 1.43. The minimum absolute atomic E-state index is 0.0218. The van der Waals surface area contributed by atoms with Gasteiger partial charge in [0.25, 0.3) is 0 Å². The zero-order valence-corrected chi connectivity index (χ0v) is 13.7. The fraction of sp³-hybridized carbons (Fsp3) is 0.714. The fourth-order valence-corrected chi connectivity index (χ4v) is 2.33. The molecular weight excluding hydrogens is 274 g/mol. The van der Waals surface area contributed by atoms with Crippen molar-refractivity contribution in [1.82, 2.24) is 10.3 Å². The predicted octanol–water partition coefficient (Wildman–Crippen LogP) is 2.87. The maximum absolute atomic E-state index is 11.8. The topological polar surface area (TPSA) is 74.2 Å². The summed E-state index contributed by atoms with van der Waals surface area (Å²) in [5, 5.41) is 17.1. The first-order chi connectivity index (χ1) is 9.21. The summed E-state index contributed by atoms with van der Waals surface area (Å²) < 4.78 is 0. The number of rotatable bonds is 5. The molecule has 1 heterocycles. The highest BCUT2D eigenvalue weighted by molar-refractivity contribution is 7.13. The number of aliphatic hydroxyl groups excluding tert-OH is 1. The largest absolute Gasteiger partial charge is 0.396 e. The second-order valence-electron chi connectivity index (χ2n) is 6.43. The molecule has 0 radical (unpaired) electrons. The average Bonchev–Trinajstić information content (AvgIpc) is 2.72. The molecule has 2 atom stereocenters. The van der Waals surface area contributed by atoms with Crippen molar-refractivity contribution < 1.29 is 9.90 Å². The van der Waals surface area contributed by atoms with Crippen molar-refractivity contribution in [3.63, 3.8) is 0 Å². The molecule has 3 N–H and O–H groups in total. The molecule has 5 nitrogen and oxygen atoms in total. The number of aliphatic hydroxyl groups is 1. The Balaban J connectivity index is 2.51. The third-order valence-electron chi connectivity index (χ3n) is 2.98. The molecule has 0 saturated heterocycles. The number of nitrogens with one attached hydrogen (secondary N) is 2. The molecule has 0 aliphatic carbocycles. The molecule has 0 aliphatic heterocycles. The first kappa shape index (κ1) is 16.9. The van der Waals surface area contributed by atoms with Gasteiger partial charge in [-0.15, -0.1) is 11.3 Å². The number of hydrogen-bond donors (Lipinski definition) is 3. The third kappa shape index (κ3) is 5.88. The van der Waals surface area contributed by atoms with Crippen LogP contribution in [0.2, 0.25) is 0 Å². The lowest BCUT2D eigenvalue weighted by Crippen LogP contribution is -2.40. The van der Waals surface area contributed by atoms with E-state index in [1.165, 1.54) is 11.3 Å². The summed E-state index contributed by atoms with van der Waals surface area (Å²) in [6.07, 6.45) is 0.880. The molecule has 1 rings (SSSR count). The van der Waals surface area contributed by atoms with Gasteiger partial charge >= 0.3 is 6.03 Å². The van der Waals surface area contributed by atoms with Crippen LogP contribution in [0, 0.1) is 11.3 Å². The molecule has 1 aromatic heterocycles. The summed E-state index contributed by atoms with van der Waals surface area (Å²) in [5.41, 5.74) is 1.17. The number of anilines is 1. The molecule has 0 aromatic carbocycles. The van der Waals surface area contributed by atoms with Crippen LogP contribution in [-0.4, -0.2) is 28.8 Å². The van der Waals surface area contributed by atoms with E-state index in [0.29, 0.717) is 5.13 Å². The second-order valence-corrected chi connectivity index (χ2v) is 7.29. The van der Waals surface area contributed by atoms with Crippen molar-refractivity contribution >= 4 is 22.5 Å². The van der Waals surface area contributed by atoms with Crippen LogP contribution < -0.4 is 10.6 Å². The minimum atomic E-state index is -0.283. The van der Waals surface area contributed by atoms with Crippen molar-refractivity contribution in [2.75, 3.05) is 11.9 Å². The Morgan fingerprint density at radius 2 is 2.10 bits per heavy atom. The number of amides is 2. The van der Waals surface area contributed by atoms with Crippen LogP contribution in [0.3, 0.4) is 0 Å². The quantitative estimate of drug-likeness (QED) is 0.782. The van der Waals surface area contributed by atoms with E-state index in [2.05, 4.69) is 36.4 Å². The maximum atomic E-state index is 11.8. The summed E-state index contributed by atoms with van der Waals surface area (Å²) in [4.78, 5) is 16.2. The Bertz CT molecular complexity index is 440. The molecule has 0 bridgehead atoms. The van der Waals surface area contributed by atoms with E-state index in [0.717, 1.165) is 12.1 Å². The number of hydrogen-bond acceptors (Lipinski definition) is 4. The van der Waals surface area contributed by atoms with E-state index in [1.54, 1.807) is 0 Å². The predicted molar refractivity (Wildman–Crippen MR) is 83.1 cm³/mol. The first-order valence-electron chi connectivity index (χ1n) is 6.84. The van der Waals surface area contributed by atoms with E-state index in [-0.39, 0.29) is 30.0 Å². The number of urea groups is 1. The van der Waals surface area contributed by atoms with Gasteiger partial charge in [0, 0.05) is 18.0 Å². The highest BCUT2D eigenvalue weighted by atomic mass is 32.1. The molecular formula is C14H25N3O2S. The summed E-state index contributed by atoms with van der Waals surface area (Å²) in [6, 6.07) is -0.372. The van der Waals surface area contributed by atoms with Crippen molar-refractivity contribution in [3.8, 4) is 0 Å². The van der Waals surface area contributed by atoms with Gasteiger partial charge in [0.05, 0.1) is 5.69 Å². The van der Waals surface area contributed by atoms with Crippen LogP contribution in [0.1, 0.15) is 40.3 Å². The van der Waals surface area contributed by atoms with Gasteiger partial charge < -0.3 is 10.4 Å². The molecule has 20 heavy (non-hydrogen) atoms. The zero-order chi connectivity index (χ0) is 15.3. The molecule has 0 aliphatic rings. The summed E-state index contributed by atoms with van der Waals surface area (Å²) in [5.74, 6) is 0.0218. The Labute approximate surface area is 124 Å². The van der Waals surface area contributed by atoms with Crippen molar-refractivity contribution in [1.29, 1.82) is 0 Å². The van der Waals surface area contributed by atoms with Crippen LogP contribution >= 0.6 is 11.3 Å². The van der Waals surface area contributed by atoms with E-state index in [4.69, 9.17) is 5.11 Å². The number of aromatic nitrogens is 1. The van der Waals surface area contributed by atoms with Crippen molar-refractivity contribution in [2.24, 2.45) is 11.3 Å². The number of thiazole rings is 1. The second kappa shape index (κ2) is 7.04. The monoisotopic (exact) mass is 299 g/mol. The lowest BCUT2D eigenvalue weighted by atomic mass is 9.91. The van der Waals surface area contributed by atoms with Crippen LogP contribution in [0.25, 0.3) is 0 Å². The van der Waals surface area contributed by atoms with Gasteiger partial charge in [-0.25, -0.2) is 9.78 Å². The van der Waals surface area contributed by atoms with Crippen LogP contribution in [0.15, 0.2) is 5.38 Å². The highest BCUT2D eigenvalue weighted by Gasteiger charge is 2.16. The van der Waals surface area contributed by atoms with Crippen LogP contribution in [-0.2, 0) is 6.42 Å². The average molecular weight is 299 g/mol. The van der Waals surface area contributed by atoms with Crippen LogP contribution in [0.5, 0.6) is 0 Å². The normalized spacial score (nSPS) is 14.7. The summed E-state index contributed by atoms with van der Waals surface area (Å²) in [7, 11) is 0. The Morgan fingerprint density at radius 1 is 1.45 bits per heavy atom. The lowest BCUT2D eigenvalue weighted by molar-refractivity contribution is 0.204. The van der Waals surface area contributed by atoms with Gasteiger partial charge in [0.2, 0.25) is 0 Å². The standard InChI is InChI=1S/C14H25N3O2S/c1-9(7-18)10(2)15-12(19)17-13-16-11(8-20-13)6-14(3,4)5/h8-10,18H,6-7H2,1-5H3,(H2,15,16,17,19). The third-order valence-corrected chi connectivity index (χ3v) is 3.79. The highest BCUT2D eigenvalue weighted by Crippen LogP contribution is 2.23. The SMILES string of the molecule is CC(CO)C(C)NC(=O)Nc1nc(CC(C)(C)C)cs1. The Hall–Kier alpha value is -1.14. The van der Waals surface area contributed by atoms with E-state index in [1.807, 2.05) is 19.2 Å². The fourth-order valence-electron chi connectivity index (χ4n) is 1.63. The maximum Gasteiger partial charge on any atom is 0.321 e. The Morgan fingerprint density at radius 3 is 2.65 bits per heavy atom. The number of nitrogens with zero attached hydrogens (tertiary/aromatic N) is 1. The van der Waals surface area contributed by atoms with Gasteiger partial charge in [-0.1, -0.05) is 27.7 Å². The number of carbonyl (C=O) groups excluding carboxylic acids is 1. The van der Waals surface area contributed by atoms with Gasteiger partial charge in [0.15, 0.2) is 5.13 Å². The molecule has 0 fully saturated rings. The molecule has 2 amide bonds. The minimum Gasteiger partial charge on any atom is -0.396 e. The zero-order valence-electron chi connectivity index (χ0n) is 12.9.